The van der Waals surface area contributed by atoms with E-state index in [0.29, 0.717) is 6.54 Å². The van der Waals surface area contributed by atoms with Crippen molar-refractivity contribution in [1.82, 2.24) is 4.90 Å². The molecule has 21 heavy (non-hydrogen) atoms. The molecule has 0 amide bonds. The van der Waals surface area contributed by atoms with E-state index in [2.05, 4.69) is 11.8 Å². The lowest BCUT2D eigenvalue weighted by atomic mass is 10.0. The number of rotatable bonds is 6. The third kappa shape index (κ3) is 4.39. The summed E-state index contributed by atoms with van der Waals surface area (Å²) in [5, 5.41) is 0.154. The fourth-order valence-corrected chi connectivity index (χ4v) is 3.07. The monoisotopic (exact) mass is 314 g/mol. The van der Waals surface area contributed by atoms with E-state index in [1.807, 2.05) is 0 Å². The molecule has 0 spiro atoms. The Morgan fingerprint density at radius 1 is 1.52 bits per heavy atom. The van der Waals surface area contributed by atoms with Gasteiger partial charge in [0.2, 0.25) is 0 Å². The Hall–Kier alpha value is -0.680. The molecule has 0 aromatic heterocycles. The molecule has 2 N–H and O–H groups in total. The topological polar surface area (TPSA) is 38.5 Å². The lowest BCUT2D eigenvalue weighted by Gasteiger charge is -2.38. The van der Waals surface area contributed by atoms with Crippen molar-refractivity contribution < 1.29 is 9.13 Å². The molecule has 0 radical (unpaired) electrons. The van der Waals surface area contributed by atoms with Gasteiger partial charge in [-0.15, -0.1) is 0 Å². The van der Waals surface area contributed by atoms with E-state index in [1.54, 1.807) is 12.1 Å². The number of nitrogens with zero attached hydrogens (tertiary/aromatic N) is 1. The Bertz CT molecular complexity index is 458. The van der Waals surface area contributed by atoms with Crippen molar-refractivity contribution >= 4 is 11.6 Å². The largest absolute Gasteiger partial charge is 0.377 e. The van der Waals surface area contributed by atoms with Crippen molar-refractivity contribution in [1.29, 1.82) is 0 Å². The SMILES string of the molecule is CCCOC1CCCN(C(CN)c2ccc(F)c(Cl)c2)C1. The average molecular weight is 315 g/mol. The Morgan fingerprint density at radius 2 is 2.33 bits per heavy atom. The second-order valence-corrected chi connectivity index (χ2v) is 5.96. The summed E-state index contributed by atoms with van der Waals surface area (Å²) in [5.74, 6) is -0.390. The number of nitrogens with two attached hydrogens (primary N) is 1. The molecular weight excluding hydrogens is 291 g/mol. The number of benzene rings is 1. The molecule has 5 heteroatoms. The summed E-state index contributed by atoms with van der Waals surface area (Å²) in [5.41, 5.74) is 6.92. The van der Waals surface area contributed by atoms with Crippen LogP contribution in [0.4, 0.5) is 4.39 Å². The first-order valence-corrected chi connectivity index (χ1v) is 8.04. The highest BCUT2D eigenvalue weighted by Crippen LogP contribution is 2.27. The molecule has 2 rings (SSSR count). The van der Waals surface area contributed by atoms with Crippen LogP contribution in [0.1, 0.15) is 37.8 Å². The highest BCUT2D eigenvalue weighted by molar-refractivity contribution is 6.30. The maximum atomic E-state index is 13.3. The molecule has 1 fully saturated rings. The van der Waals surface area contributed by atoms with Gasteiger partial charge in [0.25, 0.3) is 0 Å². The van der Waals surface area contributed by atoms with E-state index >= 15 is 0 Å². The van der Waals surface area contributed by atoms with E-state index < -0.39 is 0 Å². The number of ether oxygens (including phenoxy) is 1. The molecule has 0 bridgehead atoms. The lowest BCUT2D eigenvalue weighted by molar-refractivity contribution is -0.0118. The van der Waals surface area contributed by atoms with Gasteiger partial charge in [0.15, 0.2) is 0 Å². The van der Waals surface area contributed by atoms with Crippen molar-refractivity contribution in [2.45, 2.75) is 38.3 Å². The standard InChI is InChI=1S/C16H24ClFN2O/c1-2-8-21-13-4-3-7-20(11-13)16(10-19)12-5-6-15(18)14(17)9-12/h5-6,9,13,16H,2-4,7-8,10-11,19H2,1H3. The summed E-state index contributed by atoms with van der Waals surface area (Å²) in [4.78, 5) is 2.33. The van der Waals surface area contributed by atoms with Crippen molar-refractivity contribution in [2.24, 2.45) is 5.73 Å². The van der Waals surface area contributed by atoms with E-state index in [4.69, 9.17) is 22.1 Å². The van der Waals surface area contributed by atoms with Crippen LogP contribution in [0.5, 0.6) is 0 Å². The number of hydrogen-bond acceptors (Lipinski definition) is 3. The number of piperidine rings is 1. The predicted molar refractivity (Wildman–Crippen MR) is 84.0 cm³/mol. The molecular formula is C16H24ClFN2O. The Kier molecular flexibility index (Phi) is 6.42. The molecule has 1 aliphatic heterocycles. The van der Waals surface area contributed by atoms with Gasteiger partial charge in [-0.25, -0.2) is 4.39 Å². The van der Waals surface area contributed by atoms with Gasteiger partial charge in [0, 0.05) is 25.7 Å². The summed E-state index contributed by atoms with van der Waals surface area (Å²) in [6.07, 6.45) is 3.49. The van der Waals surface area contributed by atoms with Crippen molar-refractivity contribution in [3.8, 4) is 0 Å². The normalized spacial score (nSPS) is 21.4. The zero-order valence-electron chi connectivity index (χ0n) is 12.5. The average Bonchev–Trinajstić information content (AvgIpc) is 2.50. The first kappa shape index (κ1) is 16.7. The van der Waals surface area contributed by atoms with Crippen molar-refractivity contribution in [3.05, 3.63) is 34.6 Å². The fraction of sp³-hybridized carbons (Fsp3) is 0.625. The molecule has 3 nitrogen and oxygen atoms in total. The Labute approximate surface area is 131 Å². The maximum Gasteiger partial charge on any atom is 0.141 e. The first-order valence-electron chi connectivity index (χ1n) is 7.66. The maximum absolute atomic E-state index is 13.3. The van der Waals surface area contributed by atoms with Gasteiger partial charge in [-0.1, -0.05) is 24.6 Å². The van der Waals surface area contributed by atoms with Crippen molar-refractivity contribution in [3.63, 3.8) is 0 Å². The van der Waals surface area contributed by atoms with Gasteiger partial charge < -0.3 is 10.5 Å². The highest BCUT2D eigenvalue weighted by atomic mass is 35.5. The summed E-state index contributed by atoms with van der Waals surface area (Å²) in [6, 6.07) is 4.94. The quantitative estimate of drug-likeness (QED) is 0.875. The fourth-order valence-electron chi connectivity index (χ4n) is 2.89. The van der Waals surface area contributed by atoms with Crippen molar-refractivity contribution in [2.75, 3.05) is 26.2 Å². The number of hydrogen-bond donors (Lipinski definition) is 1. The first-order chi connectivity index (χ1) is 10.2. The minimum atomic E-state index is -0.390. The van der Waals surface area contributed by atoms with Gasteiger partial charge in [0.1, 0.15) is 5.82 Å². The van der Waals surface area contributed by atoms with Gasteiger partial charge in [-0.2, -0.15) is 0 Å². The van der Waals surface area contributed by atoms with E-state index in [-0.39, 0.29) is 23.0 Å². The molecule has 2 unspecified atom stereocenters. The lowest BCUT2D eigenvalue weighted by Crippen LogP contribution is -2.44. The minimum absolute atomic E-state index is 0.0659. The van der Waals surface area contributed by atoms with Gasteiger partial charge >= 0.3 is 0 Å². The van der Waals surface area contributed by atoms with Crippen LogP contribution in [0.3, 0.4) is 0 Å². The van der Waals surface area contributed by atoms with Crippen LogP contribution in [0.15, 0.2) is 18.2 Å². The second-order valence-electron chi connectivity index (χ2n) is 5.56. The second kappa shape index (κ2) is 8.08. The van der Waals surface area contributed by atoms with Gasteiger partial charge in [0.05, 0.1) is 11.1 Å². The summed E-state index contributed by atoms with van der Waals surface area (Å²) in [7, 11) is 0. The minimum Gasteiger partial charge on any atom is -0.377 e. The highest BCUT2D eigenvalue weighted by Gasteiger charge is 2.26. The molecule has 0 saturated carbocycles. The zero-order valence-corrected chi connectivity index (χ0v) is 13.3. The molecule has 1 saturated heterocycles. The molecule has 1 aliphatic rings. The summed E-state index contributed by atoms with van der Waals surface area (Å²) in [6.45, 7) is 5.26. The van der Waals surface area contributed by atoms with E-state index in [0.717, 1.165) is 44.5 Å². The third-order valence-electron chi connectivity index (χ3n) is 3.96. The smallest absolute Gasteiger partial charge is 0.141 e. The summed E-state index contributed by atoms with van der Waals surface area (Å²) < 4.78 is 19.2. The molecule has 1 aromatic carbocycles. The van der Waals surface area contributed by atoms with Crippen LogP contribution >= 0.6 is 11.6 Å². The Morgan fingerprint density at radius 3 is 3.00 bits per heavy atom. The number of halogens is 2. The molecule has 1 heterocycles. The third-order valence-corrected chi connectivity index (χ3v) is 4.25. The molecule has 1 aromatic rings. The Balaban J connectivity index is 2.07. The molecule has 2 atom stereocenters. The van der Waals surface area contributed by atoms with E-state index in [1.165, 1.54) is 6.07 Å². The molecule has 0 aliphatic carbocycles. The van der Waals surface area contributed by atoms with Crippen LogP contribution in [0.25, 0.3) is 0 Å². The van der Waals surface area contributed by atoms with Crippen LogP contribution in [0.2, 0.25) is 5.02 Å². The van der Waals surface area contributed by atoms with Crippen LogP contribution in [-0.2, 0) is 4.74 Å². The van der Waals surface area contributed by atoms with Gasteiger partial charge in [-0.3, -0.25) is 4.90 Å². The van der Waals surface area contributed by atoms with Crippen LogP contribution in [0, 0.1) is 5.82 Å². The van der Waals surface area contributed by atoms with E-state index in [9.17, 15) is 4.39 Å². The van der Waals surface area contributed by atoms with Crippen LogP contribution < -0.4 is 5.73 Å². The number of likely N-dealkylation sites (tertiary alicyclic amines) is 1. The molecule has 118 valence electrons. The summed E-state index contributed by atoms with van der Waals surface area (Å²) >= 11 is 5.89. The zero-order chi connectivity index (χ0) is 15.2. The van der Waals surface area contributed by atoms with Gasteiger partial charge in [-0.05, 0) is 43.5 Å². The predicted octanol–water partition coefficient (Wildman–Crippen LogP) is 3.37. The van der Waals surface area contributed by atoms with Crippen LogP contribution in [-0.4, -0.2) is 37.2 Å².